The van der Waals surface area contributed by atoms with Crippen LogP contribution in [-0.2, 0) is 10.0 Å². The average molecular weight is 487 g/mol. The molecule has 1 amide bonds. The van der Waals surface area contributed by atoms with Gasteiger partial charge in [-0.2, -0.15) is 0 Å². The van der Waals surface area contributed by atoms with Crippen LogP contribution in [0.2, 0.25) is 0 Å². The lowest BCUT2D eigenvalue weighted by atomic mass is 10.2. The van der Waals surface area contributed by atoms with Crippen LogP contribution >= 0.6 is 11.3 Å². The summed E-state index contributed by atoms with van der Waals surface area (Å²) in [6.07, 6.45) is 0. The van der Waals surface area contributed by atoms with Gasteiger partial charge in [0.25, 0.3) is 15.9 Å². The van der Waals surface area contributed by atoms with E-state index in [0.717, 1.165) is 28.3 Å². The zero-order valence-electron chi connectivity index (χ0n) is 18.7. The van der Waals surface area contributed by atoms with E-state index in [9.17, 15) is 13.2 Å². The standard InChI is InChI=1S/C23H26N4O4S2/c1-16-7-9-20(10-8-16)33(29,30)25-23-24-17(2)21(32-23)22(28)27-13-11-26(12-14-27)18-5-4-6-19(15-18)31-3/h4-10,15H,11-14H2,1-3H3,(H,24,25). The molecule has 1 aliphatic heterocycles. The number of ether oxygens (including phenoxy) is 1. The highest BCUT2D eigenvalue weighted by Gasteiger charge is 2.27. The fourth-order valence-electron chi connectivity index (χ4n) is 3.65. The van der Waals surface area contributed by atoms with Gasteiger partial charge in [-0.1, -0.05) is 35.1 Å². The molecular weight excluding hydrogens is 460 g/mol. The monoisotopic (exact) mass is 486 g/mol. The van der Waals surface area contributed by atoms with E-state index in [2.05, 4.69) is 14.6 Å². The van der Waals surface area contributed by atoms with E-state index in [0.29, 0.717) is 36.8 Å². The second-order valence-corrected chi connectivity index (χ2v) is 10.5. The molecule has 33 heavy (non-hydrogen) atoms. The summed E-state index contributed by atoms with van der Waals surface area (Å²) in [4.78, 5) is 22.0. The number of nitrogens with zero attached hydrogens (tertiary/aromatic N) is 3. The van der Waals surface area contributed by atoms with E-state index in [1.54, 1.807) is 43.2 Å². The molecule has 2 aromatic carbocycles. The third kappa shape index (κ3) is 5.12. The Morgan fingerprint density at radius 3 is 2.42 bits per heavy atom. The van der Waals surface area contributed by atoms with Gasteiger partial charge >= 0.3 is 0 Å². The highest BCUT2D eigenvalue weighted by atomic mass is 32.2. The third-order valence-corrected chi connectivity index (χ3v) is 8.07. The molecule has 10 heteroatoms. The number of anilines is 2. The van der Waals surface area contributed by atoms with Crippen molar-refractivity contribution in [2.24, 2.45) is 0 Å². The summed E-state index contributed by atoms with van der Waals surface area (Å²) in [5, 5.41) is 0.187. The van der Waals surface area contributed by atoms with Gasteiger partial charge in [0, 0.05) is 37.9 Å². The molecule has 1 fully saturated rings. The van der Waals surface area contributed by atoms with Crippen molar-refractivity contribution in [1.29, 1.82) is 0 Å². The first-order valence-corrected chi connectivity index (χ1v) is 12.8. The topological polar surface area (TPSA) is 91.8 Å². The Morgan fingerprint density at radius 2 is 1.76 bits per heavy atom. The minimum Gasteiger partial charge on any atom is -0.497 e. The van der Waals surface area contributed by atoms with E-state index in [1.807, 2.05) is 31.2 Å². The molecule has 174 valence electrons. The molecule has 0 unspecified atom stereocenters. The van der Waals surface area contributed by atoms with Gasteiger partial charge in [-0.3, -0.25) is 9.52 Å². The van der Waals surface area contributed by atoms with Crippen LogP contribution in [0.4, 0.5) is 10.8 Å². The largest absolute Gasteiger partial charge is 0.497 e. The molecule has 1 saturated heterocycles. The van der Waals surface area contributed by atoms with Crippen molar-refractivity contribution < 1.29 is 17.9 Å². The Kier molecular flexibility index (Phi) is 6.57. The van der Waals surface area contributed by atoms with Crippen molar-refractivity contribution in [3.63, 3.8) is 0 Å². The maximum absolute atomic E-state index is 13.1. The SMILES string of the molecule is COc1cccc(N2CCN(C(=O)c3sc(NS(=O)(=O)c4ccc(C)cc4)nc3C)CC2)c1. The van der Waals surface area contributed by atoms with Crippen LogP contribution in [0.25, 0.3) is 0 Å². The first-order chi connectivity index (χ1) is 15.8. The lowest BCUT2D eigenvalue weighted by Crippen LogP contribution is -2.48. The van der Waals surface area contributed by atoms with Crippen molar-refractivity contribution in [2.75, 3.05) is 42.9 Å². The lowest BCUT2D eigenvalue weighted by Gasteiger charge is -2.36. The molecule has 0 aliphatic carbocycles. The Labute approximate surface area is 197 Å². The molecule has 1 aromatic heterocycles. The summed E-state index contributed by atoms with van der Waals surface area (Å²) in [7, 11) is -2.13. The van der Waals surface area contributed by atoms with Gasteiger partial charge in [0.1, 0.15) is 10.6 Å². The van der Waals surface area contributed by atoms with E-state index in [1.165, 1.54) is 0 Å². The van der Waals surface area contributed by atoms with Crippen LogP contribution in [-0.4, -0.2) is 57.5 Å². The number of aromatic nitrogens is 1. The fourth-order valence-corrected chi connectivity index (χ4v) is 5.82. The van der Waals surface area contributed by atoms with Crippen LogP contribution in [0.1, 0.15) is 20.9 Å². The number of hydrogen-bond donors (Lipinski definition) is 1. The number of rotatable bonds is 6. The second kappa shape index (κ2) is 9.40. The summed E-state index contributed by atoms with van der Waals surface area (Å²) in [6, 6.07) is 14.4. The van der Waals surface area contributed by atoms with Crippen LogP contribution in [0.15, 0.2) is 53.4 Å². The van der Waals surface area contributed by atoms with E-state index >= 15 is 0 Å². The van der Waals surface area contributed by atoms with Crippen molar-refractivity contribution in [3.8, 4) is 5.75 Å². The number of carbonyl (C=O) groups excluding carboxylic acids is 1. The molecule has 4 rings (SSSR count). The van der Waals surface area contributed by atoms with Crippen LogP contribution in [0.5, 0.6) is 5.75 Å². The van der Waals surface area contributed by atoms with Gasteiger partial charge in [-0.05, 0) is 38.1 Å². The second-order valence-electron chi connectivity index (χ2n) is 7.83. The third-order valence-electron chi connectivity index (χ3n) is 5.53. The number of benzene rings is 2. The van der Waals surface area contributed by atoms with Crippen molar-refractivity contribution >= 4 is 38.1 Å². The molecule has 0 atom stereocenters. The van der Waals surface area contributed by atoms with Crippen molar-refractivity contribution in [2.45, 2.75) is 18.7 Å². The van der Waals surface area contributed by atoms with Crippen molar-refractivity contribution in [3.05, 3.63) is 64.7 Å². The molecule has 1 N–H and O–H groups in total. The minimum absolute atomic E-state index is 0.129. The number of methoxy groups -OCH3 is 1. The number of piperazine rings is 1. The Hall–Kier alpha value is -3.11. The van der Waals surface area contributed by atoms with E-state index in [4.69, 9.17) is 4.74 Å². The number of carbonyl (C=O) groups is 1. The number of amides is 1. The Bertz CT molecular complexity index is 1250. The molecule has 0 bridgehead atoms. The van der Waals surface area contributed by atoms with Gasteiger partial charge in [0.15, 0.2) is 5.13 Å². The summed E-state index contributed by atoms with van der Waals surface area (Å²) in [6.45, 7) is 6.14. The Morgan fingerprint density at radius 1 is 1.06 bits per heavy atom. The summed E-state index contributed by atoms with van der Waals surface area (Å²) in [5.74, 6) is 0.669. The van der Waals surface area contributed by atoms with Crippen LogP contribution in [0.3, 0.4) is 0 Å². The number of aryl methyl sites for hydroxylation is 2. The number of hydrogen-bond acceptors (Lipinski definition) is 7. The molecular formula is C23H26N4O4S2. The maximum Gasteiger partial charge on any atom is 0.266 e. The molecule has 1 aliphatic rings. The minimum atomic E-state index is -3.77. The zero-order chi connectivity index (χ0) is 23.6. The van der Waals surface area contributed by atoms with Gasteiger partial charge in [-0.15, -0.1) is 0 Å². The number of sulfonamides is 1. The van der Waals surface area contributed by atoms with Gasteiger partial charge < -0.3 is 14.5 Å². The summed E-state index contributed by atoms with van der Waals surface area (Å²) < 4.78 is 33.1. The number of thiazole rings is 1. The van der Waals surface area contributed by atoms with Gasteiger partial charge in [0.2, 0.25) is 0 Å². The van der Waals surface area contributed by atoms with Crippen LogP contribution < -0.4 is 14.4 Å². The fraction of sp³-hybridized carbons (Fsp3) is 0.304. The molecule has 3 aromatic rings. The highest BCUT2D eigenvalue weighted by molar-refractivity contribution is 7.93. The van der Waals surface area contributed by atoms with Crippen LogP contribution in [0, 0.1) is 13.8 Å². The predicted molar refractivity (Wildman–Crippen MR) is 130 cm³/mol. The molecule has 2 heterocycles. The summed E-state index contributed by atoms with van der Waals surface area (Å²) in [5.41, 5.74) is 2.54. The maximum atomic E-state index is 13.1. The number of nitrogens with one attached hydrogen (secondary N) is 1. The highest BCUT2D eigenvalue weighted by Crippen LogP contribution is 2.28. The quantitative estimate of drug-likeness (QED) is 0.573. The average Bonchev–Trinajstić information content (AvgIpc) is 3.18. The van der Waals surface area contributed by atoms with Crippen molar-refractivity contribution in [1.82, 2.24) is 9.88 Å². The van der Waals surface area contributed by atoms with E-state index < -0.39 is 10.0 Å². The van der Waals surface area contributed by atoms with Gasteiger partial charge in [0.05, 0.1) is 17.7 Å². The van der Waals surface area contributed by atoms with E-state index in [-0.39, 0.29) is 15.9 Å². The zero-order valence-corrected chi connectivity index (χ0v) is 20.4. The predicted octanol–water partition coefficient (Wildman–Crippen LogP) is 3.53. The smallest absolute Gasteiger partial charge is 0.266 e. The van der Waals surface area contributed by atoms with Gasteiger partial charge in [-0.25, -0.2) is 13.4 Å². The first-order valence-electron chi connectivity index (χ1n) is 10.5. The Balaban J connectivity index is 1.43. The molecule has 8 nitrogen and oxygen atoms in total. The lowest BCUT2D eigenvalue weighted by molar-refractivity contribution is 0.0750. The summed E-state index contributed by atoms with van der Waals surface area (Å²) >= 11 is 1.07. The molecule has 0 radical (unpaired) electrons. The molecule has 0 spiro atoms. The first kappa shape index (κ1) is 23.1. The molecule has 0 saturated carbocycles. The normalized spacial score (nSPS) is 14.3.